The van der Waals surface area contributed by atoms with Crippen molar-refractivity contribution in [2.24, 2.45) is 0 Å². The Balaban J connectivity index is 1.97. The number of nitrogens with one attached hydrogen (secondary N) is 1. The van der Waals surface area contributed by atoms with Gasteiger partial charge in [0.2, 0.25) is 0 Å². The molecule has 1 N–H and O–H groups in total. The first-order chi connectivity index (χ1) is 9.28. The Morgan fingerprint density at radius 3 is 2.74 bits per heavy atom. The van der Waals surface area contributed by atoms with Gasteiger partial charge in [-0.2, -0.15) is 0 Å². The summed E-state index contributed by atoms with van der Waals surface area (Å²) in [4.78, 5) is 0. The summed E-state index contributed by atoms with van der Waals surface area (Å²) in [6.07, 6.45) is 1.10. The lowest BCUT2D eigenvalue weighted by Crippen LogP contribution is -2.27. The summed E-state index contributed by atoms with van der Waals surface area (Å²) in [6.45, 7) is 0.831. The van der Waals surface area contributed by atoms with Gasteiger partial charge >= 0.3 is 0 Å². The highest BCUT2D eigenvalue weighted by Crippen LogP contribution is 2.38. The molecule has 2 aromatic rings. The van der Waals surface area contributed by atoms with Crippen molar-refractivity contribution in [2.75, 3.05) is 13.6 Å². The fourth-order valence-corrected chi connectivity index (χ4v) is 2.54. The minimum atomic E-state index is -0.217. The first-order valence-corrected chi connectivity index (χ1v) is 6.47. The number of para-hydroxylation sites is 1. The van der Waals surface area contributed by atoms with Crippen LogP contribution in [0, 0.1) is 5.82 Å². The van der Waals surface area contributed by atoms with E-state index in [-0.39, 0.29) is 11.9 Å². The van der Waals surface area contributed by atoms with Crippen molar-refractivity contribution < 1.29 is 9.13 Å². The van der Waals surface area contributed by atoms with Crippen LogP contribution in [0.1, 0.15) is 5.56 Å². The van der Waals surface area contributed by atoms with E-state index in [2.05, 4.69) is 11.4 Å². The molecule has 1 aliphatic heterocycles. The number of fused-ring (bicyclic) bond motifs is 1. The van der Waals surface area contributed by atoms with Gasteiger partial charge in [0, 0.05) is 18.5 Å². The zero-order valence-corrected chi connectivity index (χ0v) is 10.8. The van der Waals surface area contributed by atoms with Crippen LogP contribution >= 0.6 is 0 Å². The molecule has 3 rings (SSSR count). The third kappa shape index (κ3) is 2.34. The summed E-state index contributed by atoms with van der Waals surface area (Å²) in [5.41, 5.74) is 3.25. The van der Waals surface area contributed by atoms with Gasteiger partial charge in [-0.1, -0.05) is 30.3 Å². The summed E-state index contributed by atoms with van der Waals surface area (Å²) in [7, 11) is 1.92. The summed E-state index contributed by atoms with van der Waals surface area (Å²) >= 11 is 0. The molecule has 0 aliphatic carbocycles. The smallest absolute Gasteiger partial charge is 0.130 e. The van der Waals surface area contributed by atoms with E-state index in [1.807, 2.05) is 19.2 Å². The summed E-state index contributed by atoms with van der Waals surface area (Å²) in [5.74, 6) is 0.722. The predicted molar refractivity (Wildman–Crippen MR) is 73.9 cm³/mol. The topological polar surface area (TPSA) is 21.3 Å². The van der Waals surface area contributed by atoms with E-state index in [1.54, 1.807) is 12.1 Å². The second-order valence-electron chi connectivity index (χ2n) is 4.80. The second kappa shape index (κ2) is 5.02. The molecule has 0 fully saturated rings. The minimum absolute atomic E-state index is 0.182. The summed E-state index contributed by atoms with van der Waals surface area (Å²) in [6, 6.07) is 12.7. The minimum Gasteiger partial charge on any atom is -0.488 e. The van der Waals surface area contributed by atoms with Gasteiger partial charge in [-0.05, 0) is 30.3 Å². The Bertz CT molecular complexity index is 580. The van der Waals surface area contributed by atoms with Gasteiger partial charge in [0.1, 0.15) is 17.7 Å². The van der Waals surface area contributed by atoms with Crippen molar-refractivity contribution in [1.29, 1.82) is 0 Å². The first kappa shape index (κ1) is 12.2. The van der Waals surface area contributed by atoms with E-state index in [9.17, 15) is 4.39 Å². The molecule has 1 atom stereocenters. The van der Waals surface area contributed by atoms with Crippen molar-refractivity contribution in [3.05, 3.63) is 53.8 Å². The molecule has 3 heteroatoms. The standard InChI is InChI=1S/C16H16FNO/c1-18-10-14-9-12-3-2-4-15(16(12)19-14)11-5-7-13(17)8-6-11/h2-8,14,18H,9-10H2,1H3. The molecule has 0 amide bonds. The quantitative estimate of drug-likeness (QED) is 0.912. The van der Waals surface area contributed by atoms with Gasteiger partial charge < -0.3 is 10.1 Å². The maximum Gasteiger partial charge on any atom is 0.130 e. The highest BCUT2D eigenvalue weighted by molar-refractivity contribution is 5.73. The predicted octanol–water partition coefficient (Wildman–Crippen LogP) is 3.02. The van der Waals surface area contributed by atoms with E-state index in [0.717, 1.165) is 29.8 Å². The number of benzene rings is 2. The lowest BCUT2D eigenvalue weighted by Gasteiger charge is -2.12. The lowest BCUT2D eigenvalue weighted by atomic mass is 10.0. The molecule has 0 bridgehead atoms. The zero-order valence-electron chi connectivity index (χ0n) is 10.8. The number of hydrogen-bond donors (Lipinski definition) is 1. The van der Waals surface area contributed by atoms with Crippen molar-refractivity contribution >= 4 is 0 Å². The molecule has 19 heavy (non-hydrogen) atoms. The van der Waals surface area contributed by atoms with Gasteiger partial charge in [-0.3, -0.25) is 0 Å². The van der Waals surface area contributed by atoms with E-state index < -0.39 is 0 Å². The highest BCUT2D eigenvalue weighted by Gasteiger charge is 2.24. The van der Waals surface area contributed by atoms with Crippen LogP contribution in [0.25, 0.3) is 11.1 Å². The fraction of sp³-hybridized carbons (Fsp3) is 0.250. The summed E-state index contributed by atoms with van der Waals surface area (Å²) < 4.78 is 19.0. The molecule has 2 aromatic carbocycles. The van der Waals surface area contributed by atoms with Gasteiger partial charge in [0.15, 0.2) is 0 Å². The van der Waals surface area contributed by atoms with Crippen molar-refractivity contribution in [3.8, 4) is 16.9 Å². The monoisotopic (exact) mass is 257 g/mol. The van der Waals surface area contributed by atoms with Crippen LogP contribution < -0.4 is 10.1 Å². The van der Waals surface area contributed by atoms with Gasteiger partial charge in [-0.15, -0.1) is 0 Å². The molecule has 0 saturated carbocycles. The highest BCUT2D eigenvalue weighted by atomic mass is 19.1. The number of hydrogen-bond acceptors (Lipinski definition) is 2. The fourth-order valence-electron chi connectivity index (χ4n) is 2.54. The molecule has 0 radical (unpaired) electrons. The maximum absolute atomic E-state index is 13.0. The van der Waals surface area contributed by atoms with Crippen molar-refractivity contribution in [3.63, 3.8) is 0 Å². The number of ether oxygens (including phenoxy) is 1. The number of halogens is 1. The molecule has 1 heterocycles. The SMILES string of the molecule is CNCC1Cc2cccc(-c3ccc(F)cc3)c2O1. The van der Waals surface area contributed by atoms with Crippen LogP contribution in [0.5, 0.6) is 5.75 Å². The Hall–Kier alpha value is -1.87. The lowest BCUT2D eigenvalue weighted by molar-refractivity contribution is 0.232. The van der Waals surface area contributed by atoms with Crippen molar-refractivity contribution in [1.82, 2.24) is 5.32 Å². The molecule has 98 valence electrons. The molecule has 2 nitrogen and oxygen atoms in total. The second-order valence-corrected chi connectivity index (χ2v) is 4.80. The van der Waals surface area contributed by atoms with Gasteiger partial charge in [0.05, 0.1) is 0 Å². The van der Waals surface area contributed by atoms with Crippen LogP contribution in [-0.4, -0.2) is 19.7 Å². The number of likely N-dealkylation sites (N-methyl/N-ethyl adjacent to an activating group) is 1. The van der Waals surface area contributed by atoms with E-state index >= 15 is 0 Å². The number of rotatable bonds is 3. The Kier molecular flexibility index (Phi) is 3.22. The van der Waals surface area contributed by atoms with Gasteiger partial charge in [0.25, 0.3) is 0 Å². The zero-order chi connectivity index (χ0) is 13.2. The largest absolute Gasteiger partial charge is 0.488 e. The van der Waals surface area contributed by atoms with E-state index in [1.165, 1.54) is 17.7 Å². The third-order valence-corrected chi connectivity index (χ3v) is 3.42. The summed E-state index contributed by atoms with van der Waals surface area (Å²) in [5, 5.41) is 3.14. The normalized spacial score (nSPS) is 17.1. The van der Waals surface area contributed by atoms with E-state index in [0.29, 0.717) is 0 Å². The maximum atomic E-state index is 13.0. The molecular formula is C16H16FNO. The average molecular weight is 257 g/mol. The molecule has 0 saturated heterocycles. The molecule has 0 spiro atoms. The molecule has 0 aromatic heterocycles. The van der Waals surface area contributed by atoms with Gasteiger partial charge in [-0.25, -0.2) is 4.39 Å². The average Bonchev–Trinajstić information content (AvgIpc) is 2.82. The van der Waals surface area contributed by atoms with Crippen molar-refractivity contribution in [2.45, 2.75) is 12.5 Å². The van der Waals surface area contributed by atoms with Crippen LogP contribution in [0.3, 0.4) is 0 Å². The van der Waals surface area contributed by atoms with Crippen LogP contribution in [0.2, 0.25) is 0 Å². The van der Waals surface area contributed by atoms with Crippen LogP contribution in [0.15, 0.2) is 42.5 Å². The first-order valence-electron chi connectivity index (χ1n) is 6.47. The van der Waals surface area contributed by atoms with E-state index in [4.69, 9.17) is 4.74 Å². The molecule has 1 aliphatic rings. The van der Waals surface area contributed by atoms with Crippen LogP contribution in [0.4, 0.5) is 4.39 Å². The Morgan fingerprint density at radius 1 is 1.21 bits per heavy atom. The Morgan fingerprint density at radius 2 is 2.00 bits per heavy atom. The third-order valence-electron chi connectivity index (χ3n) is 3.42. The van der Waals surface area contributed by atoms with Crippen LogP contribution in [-0.2, 0) is 6.42 Å². The molecule has 1 unspecified atom stereocenters. The molecular weight excluding hydrogens is 241 g/mol. The Labute approximate surface area is 112 Å².